The molecule has 0 aromatic heterocycles. The molecule has 144 valence electrons. The molecule has 2 amide bonds. The summed E-state index contributed by atoms with van der Waals surface area (Å²) in [5.41, 5.74) is 0.156. The molecule has 27 heavy (non-hydrogen) atoms. The Bertz CT molecular complexity index is 947. The number of hydrogen-bond donors (Lipinski definition) is 3. The number of halogens is 2. The lowest BCUT2D eigenvalue weighted by Crippen LogP contribution is -2.27. The second kappa shape index (κ2) is 8.69. The summed E-state index contributed by atoms with van der Waals surface area (Å²) in [5, 5.41) is 4.76. The molecule has 0 bridgehead atoms. The highest BCUT2D eigenvalue weighted by atomic mass is 32.2. The quantitative estimate of drug-likeness (QED) is 0.666. The summed E-state index contributed by atoms with van der Waals surface area (Å²) in [4.78, 5) is 22.8. The molecule has 2 aromatic rings. The second-order valence-electron chi connectivity index (χ2n) is 5.53. The molecule has 0 aliphatic carbocycles. The lowest BCUT2D eigenvalue weighted by atomic mass is 10.2. The summed E-state index contributed by atoms with van der Waals surface area (Å²) in [6.45, 7) is 1.03. The maximum absolute atomic E-state index is 13.6. The number of nitrogens with one attached hydrogen (secondary N) is 3. The molecular weight excluding hydrogens is 380 g/mol. The van der Waals surface area contributed by atoms with E-state index in [-0.39, 0.29) is 29.2 Å². The van der Waals surface area contributed by atoms with Crippen LogP contribution in [-0.2, 0) is 19.6 Å². The highest BCUT2D eigenvalue weighted by molar-refractivity contribution is 7.89. The van der Waals surface area contributed by atoms with E-state index in [1.807, 2.05) is 0 Å². The predicted octanol–water partition coefficient (Wildman–Crippen LogP) is 2.23. The molecule has 0 aliphatic rings. The molecule has 0 aliphatic heterocycles. The van der Waals surface area contributed by atoms with Crippen LogP contribution in [0, 0.1) is 11.6 Å². The Kier molecular flexibility index (Phi) is 6.59. The smallest absolute Gasteiger partial charge is 0.240 e. The molecule has 3 N–H and O–H groups in total. The minimum atomic E-state index is -3.87. The number of benzene rings is 2. The summed E-state index contributed by atoms with van der Waals surface area (Å²) in [5.74, 6) is -2.20. The van der Waals surface area contributed by atoms with Gasteiger partial charge >= 0.3 is 0 Å². The van der Waals surface area contributed by atoms with Crippen molar-refractivity contribution in [3.8, 4) is 0 Å². The summed E-state index contributed by atoms with van der Waals surface area (Å²) in [6, 6.07) is 7.89. The number of hydrogen-bond acceptors (Lipinski definition) is 4. The maximum atomic E-state index is 13.6. The van der Waals surface area contributed by atoms with Crippen molar-refractivity contribution in [2.45, 2.75) is 18.2 Å². The van der Waals surface area contributed by atoms with Crippen molar-refractivity contribution in [2.24, 2.45) is 0 Å². The van der Waals surface area contributed by atoms with Gasteiger partial charge in [-0.2, -0.15) is 0 Å². The van der Waals surface area contributed by atoms with E-state index in [0.717, 1.165) is 30.3 Å². The molecule has 0 atom stereocenters. The van der Waals surface area contributed by atoms with Gasteiger partial charge in [0, 0.05) is 25.6 Å². The predicted molar refractivity (Wildman–Crippen MR) is 95.5 cm³/mol. The highest BCUT2D eigenvalue weighted by Crippen LogP contribution is 2.19. The highest BCUT2D eigenvalue weighted by Gasteiger charge is 2.14. The summed E-state index contributed by atoms with van der Waals surface area (Å²) in [7, 11) is -3.87. The lowest BCUT2D eigenvalue weighted by Gasteiger charge is -2.10. The first-order valence-corrected chi connectivity index (χ1v) is 9.28. The lowest BCUT2D eigenvalue weighted by molar-refractivity contribution is -0.116. The van der Waals surface area contributed by atoms with E-state index in [4.69, 9.17) is 0 Å². The van der Waals surface area contributed by atoms with Crippen molar-refractivity contribution < 1.29 is 26.8 Å². The van der Waals surface area contributed by atoms with Gasteiger partial charge in [-0.05, 0) is 42.5 Å². The Morgan fingerprint density at radius 1 is 1.00 bits per heavy atom. The van der Waals surface area contributed by atoms with Gasteiger partial charge in [0.2, 0.25) is 21.8 Å². The van der Waals surface area contributed by atoms with Crippen molar-refractivity contribution in [2.75, 3.05) is 17.2 Å². The van der Waals surface area contributed by atoms with Crippen LogP contribution in [0.2, 0.25) is 0 Å². The first kappa shape index (κ1) is 20.5. The van der Waals surface area contributed by atoms with Crippen molar-refractivity contribution >= 4 is 33.2 Å². The van der Waals surface area contributed by atoms with E-state index in [0.29, 0.717) is 0 Å². The Hall–Kier alpha value is -2.85. The summed E-state index contributed by atoms with van der Waals surface area (Å²) in [6.07, 6.45) is -0.187. The van der Waals surface area contributed by atoms with Crippen molar-refractivity contribution in [1.29, 1.82) is 0 Å². The zero-order chi connectivity index (χ0) is 20.0. The van der Waals surface area contributed by atoms with Crippen molar-refractivity contribution in [3.63, 3.8) is 0 Å². The number of rotatable bonds is 7. The van der Waals surface area contributed by atoms with Gasteiger partial charge in [-0.1, -0.05) is 0 Å². The fourth-order valence-electron chi connectivity index (χ4n) is 2.11. The molecule has 7 nitrogen and oxygen atoms in total. The van der Waals surface area contributed by atoms with Crippen LogP contribution in [0.5, 0.6) is 0 Å². The number of anilines is 2. The summed E-state index contributed by atoms with van der Waals surface area (Å²) < 4.78 is 52.7. The number of carbonyl (C=O) groups excluding carboxylic acids is 2. The van der Waals surface area contributed by atoms with E-state index in [2.05, 4.69) is 15.4 Å². The van der Waals surface area contributed by atoms with Crippen LogP contribution in [0.4, 0.5) is 20.2 Å². The number of sulfonamides is 1. The number of amides is 2. The van der Waals surface area contributed by atoms with E-state index < -0.39 is 33.5 Å². The SMILES string of the molecule is CC(=O)Nc1cc(NC(=O)CCNS(=O)(=O)c2ccc(F)cc2)ccc1F. The molecule has 0 radical (unpaired) electrons. The van der Waals surface area contributed by atoms with Gasteiger partial charge in [0.1, 0.15) is 11.6 Å². The van der Waals surface area contributed by atoms with Gasteiger partial charge in [-0.3, -0.25) is 9.59 Å². The molecule has 2 aromatic carbocycles. The molecule has 10 heteroatoms. The molecule has 0 unspecified atom stereocenters. The van der Waals surface area contributed by atoms with Crippen LogP contribution in [0.3, 0.4) is 0 Å². The van der Waals surface area contributed by atoms with Gasteiger partial charge in [0.25, 0.3) is 0 Å². The monoisotopic (exact) mass is 397 g/mol. The van der Waals surface area contributed by atoms with Crippen molar-refractivity contribution in [1.82, 2.24) is 4.72 Å². The van der Waals surface area contributed by atoms with E-state index in [1.165, 1.54) is 19.1 Å². The number of carbonyl (C=O) groups is 2. The molecule has 0 fully saturated rings. The zero-order valence-electron chi connectivity index (χ0n) is 14.3. The minimum absolute atomic E-state index is 0.0858. The normalized spacial score (nSPS) is 11.1. The van der Waals surface area contributed by atoms with E-state index in [1.54, 1.807) is 0 Å². The van der Waals surface area contributed by atoms with Crippen LogP contribution >= 0.6 is 0 Å². The zero-order valence-corrected chi connectivity index (χ0v) is 15.1. The molecule has 0 heterocycles. The van der Waals surface area contributed by atoms with Gasteiger partial charge in [-0.15, -0.1) is 0 Å². The molecule has 2 rings (SSSR count). The van der Waals surface area contributed by atoms with E-state index in [9.17, 15) is 26.8 Å². The largest absolute Gasteiger partial charge is 0.326 e. The van der Waals surface area contributed by atoms with Crippen molar-refractivity contribution in [3.05, 3.63) is 54.1 Å². The first-order chi connectivity index (χ1) is 12.7. The first-order valence-electron chi connectivity index (χ1n) is 7.79. The third-order valence-corrected chi connectivity index (χ3v) is 4.81. The maximum Gasteiger partial charge on any atom is 0.240 e. The van der Waals surface area contributed by atoms with Crippen LogP contribution in [0.25, 0.3) is 0 Å². The van der Waals surface area contributed by atoms with Crippen LogP contribution < -0.4 is 15.4 Å². The average Bonchev–Trinajstić information content (AvgIpc) is 2.57. The van der Waals surface area contributed by atoms with Gasteiger partial charge in [-0.25, -0.2) is 21.9 Å². The Labute approximate surface area is 154 Å². The Morgan fingerprint density at radius 2 is 1.67 bits per heavy atom. The van der Waals surface area contributed by atoms with Crippen LogP contribution in [0.15, 0.2) is 47.4 Å². The fraction of sp³-hybridized carbons (Fsp3) is 0.176. The molecule has 0 saturated heterocycles. The third-order valence-electron chi connectivity index (χ3n) is 3.33. The van der Waals surface area contributed by atoms with Crippen LogP contribution in [0.1, 0.15) is 13.3 Å². The standard InChI is InChI=1S/C17H17F2N3O4S/c1-11(23)21-16-10-13(4-7-15(16)19)22-17(24)8-9-20-27(25,26)14-5-2-12(18)3-6-14/h2-7,10,20H,8-9H2,1H3,(H,21,23)(H,22,24). The second-order valence-corrected chi connectivity index (χ2v) is 7.29. The topological polar surface area (TPSA) is 104 Å². The average molecular weight is 397 g/mol. The van der Waals surface area contributed by atoms with Crippen LogP contribution in [-0.4, -0.2) is 26.8 Å². The molecular formula is C17H17F2N3O4S. The van der Waals surface area contributed by atoms with Gasteiger partial charge in [0.15, 0.2) is 0 Å². The fourth-order valence-corrected chi connectivity index (χ4v) is 3.14. The van der Waals surface area contributed by atoms with Gasteiger partial charge in [0.05, 0.1) is 10.6 Å². The molecule has 0 spiro atoms. The van der Waals surface area contributed by atoms with Gasteiger partial charge < -0.3 is 10.6 Å². The molecule has 0 saturated carbocycles. The Balaban J connectivity index is 1.91. The minimum Gasteiger partial charge on any atom is -0.326 e. The Morgan fingerprint density at radius 3 is 2.30 bits per heavy atom. The summed E-state index contributed by atoms with van der Waals surface area (Å²) >= 11 is 0. The van der Waals surface area contributed by atoms with E-state index >= 15 is 0 Å². The third kappa shape index (κ3) is 6.12.